The summed E-state index contributed by atoms with van der Waals surface area (Å²) in [6, 6.07) is 4.54. The van der Waals surface area contributed by atoms with Gasteiger partial charge in [-0.1, -0.05) is 37.8 Å². The highest BCUT2D eigenvalue weighted by molar-refractivity contribution is 5.98. The van der Waals surface area contributed by atoms with E-state index in [4.69, 9.17) is 0 Å². The Kier molecular flexibility index (Phi) is 4.60. The Morgan fingerprint density at radius 3 is 2.38 bits per heavy atom. The van der Waals surface area contributed by atoms with Crippen molar-refractivity contribution in [3.8, 4) is 0 Å². The van der Waals surface area contributed by atoms with E-state index in [0.29, 0.717) is 18.4 Å². The Morgan fingerprint density at radius 2 is 1.81 bits per heavy atom. The van der Waals surface area contributed by atoms with Crippen LogP contribution in [0.15, 0.2) is 18.2 Å². The van der Waals surface area contributed by atoms with Crippen LogP contribution in [-0.4, -0.2) is 22.5 Å². The third kappa shape index (κ3) is 3.23. The highest BCUT2D eigenvalue weighted by Gasteiger charge is 2.40. The first kappa shape index (κ1) is 15.5. The second kappa shape index (κ2) is 6.24. The number of carboxylic acids is 1. The van der Waals surface area contributed by atoms with E-state index in [1.165, 1.54) is 6.07 Å². The highest BCUT2D eigenvalue weighted by Crippen LogP contribution is 2.28. The maximum atomic E-state index is 14.0. The number of nitrogens with one attached hydrogen (secondary N) is 1. The highest BCUT2D eigenvalue weighted by atomic mass is 19.1. The van der Waals surface area contributed by atoms with Gasteiger partial charge in [-0.2, -0.15) is 0 Å². The summed E-state index contributed by atoms with van der Waals surface area (Å²) >= 11 is 0. The summed E-state index contributed by atoms with van der Waals surface area (Å²) in [6.45, 7) is 1.57. The van der Waals surface area contributed by atoms with Crippen molar-refractivity contribution in [1.82, 2.24) is 5.32 Å². The Hall–Kier alpha value is -1.91. The molecule has 0 saturated heterocycles. The molecule has 4 nitrogen and oxygen atoms in total. The first-order chi connectivity index (χ1) is 9.96. The van der Waals surface area contributed by atoms with E-state index in [0.717, 1.165) is 25.7 Å². The first-order valence-electron chi connectivity index (χ1n) is 7.27. The molecule has 1 aliphatic rings. The third-order valence-electron chi connectivity index (χ3n) is 4.16. The SMILES string of the molecule is Cc1cccc(C(=O)NC2(C(=O)O)CCCCCC2)c1F. The van der Waals surface area contributed by atoms with Crippen LogP contribution in [0.3, 0.4) is 0 Å². The molecule has 5 heteroatoms. The second-order valence-electron chi connectivity index (χ2n) is 5.69. The van der Waals surface area contributed by atoms with Gasteiger partial charge in [0.05, 0.1) is 5.56 Å². The fourth-order valence-electron chi connectivity index (χ4n) is 2.83. The molecule has 0 spiro atoms. The average Bonchev–Trinajstić information content (AvgIpc) is 2.68. The van der Waals surface area contributed by atoms with Crippen LogP contribution in [0.2, 0.25) is 0 Å². The predicted molar refractivity (Wildman–Crippen MR) is 76.7 cm³/mol. The number of benzene rings is 1. The van der Waals surface area contributed by atoms with Gasteiger partial charge in [-0.3, -0.25) is 4.79 Å². The largest absolute Gasteiger partial charge is 0.480 e. The van der Waals surface area contributed by atoms with Gasteiger partial charge in [0.1, 0.15) is 11.4 Å². The summed E-state index contributed by atoms with van der Waals surface area (Å²) in [7, 11) is 0. The van der Waals surface area contributed by atoms with Crippen LogP contribution in [-0.2, 0) is 4.79 Å². The molecule has 1 aliphatic carbocycles. The van der Waals surface area contributed by atoms with Crippen molar-refractivity contribution in [2.24, 2.45) is 0 Å². The van der Waals surface area contributed by atoms with Crippen LogP contribution in [0.4, 0.5) is 4.39 Å². The molecule has 0 heterocycles. The van der Waals surface area contributed by atoms with Crippen molar-refractivity contribution in [2.75, 3.05) is 0 Å². The quantitative estimate of drug-likeness (QED) is 0.842. The van der Waals surface area contributed by atoms with Crippen molar-refractivity contribution >= 4 is 11.9 Å². The van der Waals surface area contributed by atoms with Gasteiger partial charge in [-0.05, 0) is 31.4 Å². The topological polar surface area (TPSA) is 66.4 Å². The number of aryl methyl sites for hydroxylation is 1. The molecule has 1 fully saturated rings. The van der Waals surface area contributed by atoms with Gasteiger partial charge in [0.15, 0.2) is 0 Å². The summed E-state index contributed by atoms with van der Waals surface area (Å²) in [5.41, 5.74) is -1.00. The van der Waals surface area contributed by atoms with Crippen LogP contribution in [0.1, 0.15) is 54.4 Å². The number of hydrogen-bond donors (Lipinski definition) is 2. The van der Waals surface area contributed by atoms with Crippen LogP contribution in [0, 0.1) is 12.7 Å². The minimum absolute atomic E-state index is 0.0973. The van der Waals surface area contributed by atoms with Crippen molar-refractivity contribution in [3.05, 3.63) is 35.1 Å². The molecular formula is C16H20FNO3. The summed E-state index contributed by atoms with van der Waals surface area (Å²) in [5.74, 6) is -2.28. The van der Waals surface area contributed by atoms with E-state index >= 15 is 0 Å². The molecule has 0 aliphatic heterocycles. The number of halogens is 1. The zero-order valence-electron chi connectivity index (χ0n) is 12.1. The molecule has 2 rings (SSSR count). The van der Waals surface area contributed by atoms with Crippen molar-refractivity contribution in [1.29, 1.82) is 0 Å². The molecule has 0 radical (unpaired) electrons. The molecule has 0 bridgehead atoms. The van der Waals surface area contributed by atoms with Crippen molar-refractivity contribution in [3.63, 3.8) is 0 Å². The minimum Gasteiger partial charge on any atom is -0.480 e. The lowest BCUT2D eigenvalue weighted by Crippen LogP contribution is -2.54. The molecule has 0 atom stereocenters. The van der Waals surface area contributed by atoms with E-state index in [1.54, 1.807) is 19.1 Å². The number of rotatable bonds is 3. The number of carbonyl (C=O) groups excluding carboxylic acids is 1. The fraction of sp³-hybridized carbons (Fsp3) is 0.500. The fourth-order valence-corrected chi connectivity index (χ4v) is 2.83. The number of aliphatic carboxylic acids is 1. The van der Waals surface area contributed by atoms with E-state index in [9.17, 15) is 19.1 Å². The first-order valence-corrected chi connectivity index (χ1v) is 7.27. The van der Waals surface area contributed by atoms with E-state index in [1.807, 2.05) is 0 Å². The second-order valence-corrected chi connectivity index (χ2v) is 5.69. The van der Waals surface area contributed by atoms with Crippen LogP contribution < -0.4 is 5.32 Å². The molecule has 0 aromatic heterocycles. The molecule has 0 unspecified atom stereocenters. The van der Waals surface area contributed by atoms with Gasteiger partial charge in [0.2, 0.25) is 0 Å². The smallest absolute Gasteiger partial charge is 0.329 e. The minimum atomic E-state index is -1.27. The number of amides is 1. The predicted octanol–water partition coefficient (Wildman–Crippen LogP) is 3.04. The third-order valence-corrected chi connectivity index (χ3v) is 4.16. The molecule has 21 heavy (non-hydrogen) atoms. The molecule has 1 saturated carbocycles. The van der Waals surface area contributed by atoms with Crippen molar-refractivity contribution < 1.29 is 19.1 Å². The lowest BCUT2D eigenvalue weighted by atomic mass is 9.89. The van der Waals surface area contributed by atoms with Crippen LogP contribution in [0.5, 0.6) is 0 Å². The van der Waals surface area contributed by atoms with Gasteiger partial charge < -0.3 is 10.4 Å². The zero-order chi connectivity index (χ0) is 15.5. The van der Waals surface area contributed by atoms with E-state index in [2.05, 4.69) is 5.32 Å². The Morgan fingerprint density at radius 1 is 1.19 bits per heavy atom. The summed E-state index contributed by atoms with van der Waals surface area (Å²) in [6.07, 6.45) is 4.21. The number of carboxylic acid groups (broad SMARTS) is 1. The summed E-state index contributed by atoms with van der Waals surface area (Å²) in [5, 5.41) is 12.1. The lowest BCUT2D eigenvalue weighted by molar-refractivity contribution is -0.145. The standard InChI is InChI=1S/C16H20FNO3/c1-11-7-6-8-12(13(11)17)14(19)18-16(15(20)21)9-4-2-3-5-10-16/h6-8H,2-5,9-10H2,1H3,(H,18,19)(H,20,21). The van der Waals surface area contributed by atoms with E-state index < -0.39 is 23.2 Å². The summed E-state index contributed by atoms with van der Waals surface area (Å²) < 4.78 is 14.0. The Bertz CT molecular complexity index is 548. The average molecular weight is 293 g/mol. The normalized spacial score (nSPS) is 17.8. The molecule has 1 aromatic rings. The van der Waals surface area contributed by atoms with Gasteiger partial charge >= 0.3 is 5.97 Å². The van der Waals surface area contributed by atoms with Gasteiger partial charge in [-0.25, -0.2) is 9.18 Å². The lowest BCUT2D eigenvalue weighted by Gasteiger charge is -2.29. The molecular weight excluding hydrogens is 273 g/mol. The monoisotopic (exact) mass is 293 g/mol. The Labute approximate surface area is 123 Å². The molecule has 114 valence electrons. The number of hydrogen-bond acceptors (Lipinski definition) is 2. The van der Waals surface area contributed by atoms with Gasteiger partial charge in [-0.15, -0.1) is 0 Å². The molecule has 1 aromatic carbocycles. The molecule has 1 amide bonds. The van der Waals surface area contributed by atoms with Crippen molar-refractivity contribution in [2.45, 2.75) is 51.0 Å². The maximum absolute atomic E-state index is 14.0. The van der Waals surface area contributed by atoms with Crippen LogP contribution in [0.25, 0.3) is 0 Å². The van der Waals surface area contributed by atoms with E-state index in [-0.39, 0.29) is 5.56 Å². The van der Waals surface area contributed by atoms with Gasteiger partial charge in [0, 0.05) is 0 Å². The Balaban J connectivity index is 2.26. The molecule has 2 N–H and O–H groups in total. The number of carbonyl (C=O) groups is 2. The van der Waals surface area contributed by atoms with Crippen LogP contribution >= 0.6 is 0 Å². The summed E-state index contributed by atoms with van der Waals surface area (Å²) in [4.78, 5) is 23.9. The van der Waals surface area contributed by atoms with Gasteiger partial charge in [0.25, 0.3) is 5.91 Å². The maximum Gasteiger partial charge on any atom is 0.329 e. The zero-order valence-corrected chi connectivity index (χ0v) is 12.1.